The molecule has 2 rings (SSSR count). The minimum atomic E-state index is -1.63. The molecule has 20 nitrogen and oxygen atoms in total. The average Bonchev–Trinajstić information content (AvgIpc) is 3.05. The number of halogens is 3. The van der Waals surface area contributed by atoms with Gasteiger partial charge in [0.15, 0.2) is 6.29 Å². The number of nitrogens with zero attached hydrogens (tertiary/aromatic N) is 6. The minimum Gasteiger partial charge on any atom is -0.394 e. The predicted molar refractivity (Wildman–Crippen MR) is 162 cm³/mol. The summed E-state index contributed by atoms with van der Waals surface area (Å²) in [6, 6.07) is -3.15. The molecule has 1 aliphatic carbocycles. The van der Waals surface area contributed by atoms with Gasteiger partial charge in [-0.1, -0.05) is 19.3 Å². The third-order valence-corrected chi connectivity index (χ3v) is 6.70. The van der Waals surface area contributed by atoms with Crippen molar-refractivity contribution in [2.24, 2.45) is 15.9 Å². The Bertz CT molecular complexity index is 912. The molecule has 0 radical (unpaired) electrons. The molecule has 45 heavy (non-hydrogen) atoms. The molecule has 0 unspecified atom stereocenters. The number of hydrogen-bond donors (Lipinski definition) is 7. The first-order valence-corrected chi connectivity index (χ1v) is 15.2. The van der Waals surface area contributed by atoms with Gasteiger partial charge < -0.3 is 41.1 Å². The summed E-state index contributed by atoms with van der Waals surface area (Å²) < 4.78 is 4.80. The molecule has 7 N–H and O–H groups in total. The lowest BCUT2D eigenvalue weighted by molar-refractivity contribution is -0.252. The number of carbonyl (C=O) groups is 3. The molecule has 1 heterocycles. The zero-order valence-electron chi connectivity index (χ0n) is 24.4. The number of nitroso groups, excluding NO2 is 3. The van der Waals surface area contributed by atoms with Gasteiger partial charge in [0.1, 0.15) is 24.4 Å². The van der Waals surface area contributed by atoms with E-state index < -0.39 is 55.3 Å². The monoisotopic (exact) mass is 711 g/mol. The van der Waals surface area contributed by atoms with Crippen LogP contribution >= 0.6 is 34.8 Å². The van der Waals surface area contributed by atoms with Crippen LogP contribution in [-0.4, -0.2) is 141 Å². The van der Waals surface area contributed by atoms with E-state index in [1.165, 1.54) is 6.42 Å². The van der Waals surface area contributed by atoms with Crippen LogP contribution in [0.2, 0.25) is 0 Å². The van der Waals surface area contributed by atoms with E-state index >= 15 is 0 Å². The van der Waals surface area contributed by atoms with Crippen LogP contribution < -0.4 is 16.0 Å². The molecule has 1 aliphatic heterocycles. The maximum atomic E-state index is 11.5. The normalized spacial score (nSPS) is 22.5. The maximum Gasteiger partial charge on any atom is 0.340 e. The van der Waals surface area contributed by atoms with Crippen molar-refractivity contribution < 1.29 is 39.5 Å². The van der Waals surface area contributed by atoms with Crippen LogP contribution in [0.25, 0.3) is 0 Å². The fourth-order valence-corrected chi connectivity index (χ4v) is 4.20. The van der Waals surface area contributed by atoms with Gasteiger partial charge in [0.05, 0.1) is 35.6 Å². The highest BCUT2D eigenvalue weighted by Crippen LogP contribution is 2.20. The zero-order chi connectivity index (χ0) is 34.4. The number of hydrogen-bond acceptors (Lipinski definition) is 14. The van der Waals surface area contributed by atoms with E-state index in [4.69, 9.17) is 44.6 Å². The van der Waals surface area contributed by atoms with Crippen LogP contribution in [0.3, 0.4) is 0 Å². The molecular formula is C22H40Cl3N9O11. The lowest BCUT2D eigenvalue weighted by atomic mass is 9.96. The Morgan fingerprint density at radius 1 is 0.800 bits per heavy atom. The fraction of sp³-hybridized carbons (Fsp3) is 0.864. The van der Waals surface area contributed by atoms with Gasteiger partial charge in [-0.2, -0.15) is 15.0 Å². The van der Waals surface area contributed by atoms with Gasteiger partial charge in [0, 0.05) is 37.3 Å². The Balaban J connectivity index is 0.000000660. The van der Waals surface area contributed by atoms with Crippen LogP contribution in [0.1, 0.15) is 32.1 Å². The molecule has 1 saturated heterocycles. The number of carbonyl (C=O) groups excluding carboxylic acids is 3. The molecule has 0 aromatic rings. The first kappa shape index (κ1) is 42.3. The molecule has 0 aromatic heterocycles. The van der Waals surface area contributed by atoms with E-state index in [1.54, 1.807) is 0 Å². The van der Waals surface area contributed by atoms with Gasteiger partial charge in [-0.15, -0.1) is 49.5 Å². The van der Waals surface area contributed by atoms with Crippen molar-refractivity contribution in [3.8, 4) is 0 Å². The van der Waals surface area contributed by atoms with Gasteiger partial charge in [0.25, 0.3) is 0 Å². The van der Waals surface area contributed by atoms with Gasteiger partial charge in [-0.3, -0.25) is 0 Å². The molecule has 2 aliphatic rings. The number of amides is 6. The third-order valence-electron chi connectivity index (χ3n) is 6.17. The van der Waals surface area contributed by atoms with Crippen LogP contribution in [0.5, 0.6) is 0 Å². The second-order valence-electron chi connectivity index (χ2n) is 9.30. The molecule has 5 atom stereocenters. The quantitative estimate of drug-likeness (QED) is 0.0832. The summed E-state index contributed by atoms with van der Waals surface area (Å²) in [5.74, 6) is 0.670. The largest absolute Gasteiger partial charge is 0.394 e. The van der Waals surface area contributed by atoms with Crippen molar-refractivity contribution in [3.63, 3.8) is 0 Å². The number of aliphatic hydroxyl groups excluding tert-OH is 4. The smallest absolute Gasteiger partial charge is 0.340 e. The van der Waals surface area contributed by atoms with E-state index in [0.717, 1.165) is 37.7 Å². The van der Waals surface area contributed by atoms with E-state index in [9.17, 15) is 44.4 Å². The Kier molecular flexibility index (Phi) is 23.0. The topological polar surface area (TPSA) is 275 Å². The van der Waals surface area contributed by atoms with Crippen LogP contribution in [0, 0.1) is 14.7 Å². The van der Waals surface area contributed by atoms with E-state index in [-0.39, 0.29) is 30.9 Å². The molecule has 0 spiro atoms. The molecule has 0 aromatic carbocycles. The highest BCUT2D eigenvalue weighted by Gasteiger charge is 2.44. The molecule has 2 fully saturated rings. The molecule has 6 amide bonds. The highest BCUT2D eigenvalue weighted by atomic mass is 35.5. The molecule has 260 valence electrons. The predicted octanol–water partition coefficient (Wildman–Crippen LogP) is 0.517. The Morgan fingerprint density at radius 2 is 1.36 bits per heavy atom. The summed E-state index contributed by atoms with van der Waals surface area (Å²) in [6.45, 7) is -0.0524. The highest BCUT2D eigenvalue weighted by molar-refractivity contribution is 6.18. The summed E-state index contributed by atoms with van der Waals surface area (Å²) in [6.07, 6.45) is -0.380. The number of alkyl halides is 3. The van der Waals surface area contributed by atoms with Crippen molar-refractivity contribution in [2.45, 2.75) is 68.8 Å². The molecule has 0 bridgehead atoms. The second kappa shape index (κ2) is 24.5. The van der Waals surface area contributed by atoms with Crippen molar-refractivity contribution >= 4 is 52.9 Å². The Labute approximate surface area is 273 Å². The first-order chi connectivity index (χ1) is 21.4. The third kappa shape index (κ3) is 15.9. The summed E-state index contributed by atoms with van der Waals surface area (Å²) in [5, 5.41) is 54.2. The Morgan fingerprint density at radius 3 is 1.82 bits per heavy atom. The summed E-state index contributed by atoms with van der Waals surface area (Å²) >= 11 is 16.1. The van der Waals surface area contributed by atoms with Crippen LogP contribution in [0.4, 0.5) is 14.4 Å². The Hall–Kier alpha value is -2.72. The minimum absolute atomic E-state index is 0.0964. The zero-order valence-corrected chi connectivity index (χ0v) is 26.7. The van der Waals surface area contributed by atoms with Gasteiger partial charge in [-0.05, 0) is 12.8 Å². The summed E-state index contributed by atoms with van der Waals surface area (Å²) in [5.41, 5.74) is 0. The number of nitrogens with one attached hydrogen (secondary N) is 3. The van der Waals surface area contributed by atoms with E-state index in [1.807, 2.05) is 0 Å². The maximum absolute atomic E-state index is 11.5. The van der Waals surface area contributed by atoms with Gasteiger partial charge >= 0.3 is 18.1 Å². The second-order valence-corrected chi connectivity index (χ2v) is 10.4. The van der Waals surface area contributed by atoms with Crippen LogP contribution in [-0.2, 0) is 4.74 Å². The first-order valence-electron chi connectivity index (χ1n) is 13.6. The number of rotatable bonds is 12. The van der Waals surface area contributed by atoms with Crippen LogP contribution in [0.15, 0.2) is 15.9 Å². The van der Waals surface area contributed by atoms with Crippen molar-refractivity contribution in [1.29, 1.82) is 0 Å². The summed E-state index contributed by atoms with van der Waals surface area (Å²) in [7, 11) is 1.07. The lowest BCUT2D eigenvalue weighted by Crippen LogP contribution is -2.64. The average molecular weight is 713 g/mol. The SMILES string of the molecule is CN(N=O)C(=O)N[C@@H]1[C@@H](O)[C@H](O)[C@@H](CO)O[C@@H]1O.O=NN(CCCl)C(=O)NC1CCCCC1.O=NN(CCCl)C(=O)NCCCl. The van der Waals surface area contributed by atoms with Crippen molar-refractivity contribution in [1.82, 2.24) is 31.0 Å². The molecular weight excluding hydrogens is 673 g/mol. The number of urea groups is 3. The number of ether oxygens (including phenoxy) is 1. The fourth-order valence-electron chi connectivity index (χ4n) is 3.79. The standard InChI is InChI=1S/C9H16ClN3O2.C8H15N3O7.C5H9Cl2N3O2/c10-6-7-13(12-15)9(14)11-8-4-2-1-3-5-8;1-11(10-17)8(16)9-4-6(14)5(13)3(2-12)18-7(4)15;6-1-3-8-5(11)10(9-12)4-2-7/h8H,1-7H2,(H,11,14);3-7,12-15H,2H2,1H3,(H,9,16);1-4H2,(H,8,11)/t;3-,4-,5-,6-,7+;/m.1./s1. The number of aliphatic hydroxyl groups is 4. The van der Waals surface area contributed by atoms with Crippen molar-refractivity contribution in [2.75, 3.05) is 50.9 Å². The summed E-state index contributed by atoms with van der Waals surface area (Å²) in [4.78, 5) is 64.2. The van der Waals surface area contributed by atoms with E-state index in [2.05, 4.69) is 31.8 Å². The van der Waals surface area contributed by atoms with E-state index in [0.29, 0.717) is 22.4 Å². The lowest BCUT2D eigenvalue weighted by Gasteiger charge is -2.40. The van der Waals surface area contributed by atoms with Crippen molar-refractivity contribution in [3.05, 3.63) is 14.7 Å². The molecule has 23 heteroatoms. The van der Waals surface area contributed by atoms with Gasteiger partial charge in [0.2, 0.25) is 0 Å². The van der Waals surface area contributed by atoms with Gasteiger partial charge in [-0.25, -0.2) is 14.4 Å². The molecule has 1 saturated carbocycles.